The summed E-state index contributed by atoms with van der Waals surface area (Å²) >= 11 is 0. The number of carbonyl (C=O) groups excluding carboxylic acids is 1. The van der Waals surface area contributed by atoms with E-state index in [2.05, 4.69) is 6.92 Å². The second-order valence-corrected chi connectivity index (χ2v) is 8.24. The largest absolute Gasteiger partial charge is 0.426 e. The van der Waals surface area contributed by atoms with E-state index in [0.29, 0.717) is 24.5 Å². The fraction of sp³-hybridized carbons (Fsp3) is 0.696. The number of benzene rings is 1. The number of esters is 1. The van der Waals surface area contributed by atoms with Gasteiger partial charge in [-0.05, 0) is 30.4 Å². The first kappa shape index (κ1) is 23.7. The minimum atomic E-state index is -4.76. The van der Waals surface area contributed by atoms with Gasteiger partial charge in [-0.1, -0.05) is 71.1 Å². The maximum Gasteiger partial charge on any atom is 0.419 e. The number of unbranched alkanes of at least 4 members (excludes halogenated alkanes) is 4. The van der Waals surface area contributed by atoms with Gasteiger partial charge in [-0.25, -0.2) is 4.39 Å². The third-order valence-electron chi connectivity index (χ3n) is 5.92. The van der Waals surface area contributed by atoms with Crippen molar-refractivity contribution in [1.82, 2.24) is 0 Å². The molecule has 0 unspecified atom stereocenters. The molecule has 1 aliphatic rings. The number of hydrogen-bond donors (Lipinski definition) is 0. The Hall–Kier alpha value is -1.59. The van der Waals surface area contributed by atoms with Gasteiger partial charge in [0.05, 0.1) is 5.56 Å². The van der Waals surface area contributed by atoms with E-state index in [0.717, 1.165) is 24.8 Å². The second kappa shape index (κ2) is 11.6. The molecule has 0 heterocycles. The zero-order valence-electron chi connectivity index (χ0n) is 17.2. The highest BCUT2D eigenvalue weighted by molar-refractivity contribution is 5.72. The van der Waals surface area contributed by atoms with Gasteiger partial charge in [-0.2, -0.15) is 13.2 Å². The topological polar surface area (TPSA) is 26.3 Å². The number of carbonyl (C=O) groups is 1. The Morgan fingerprint density at radius 2 is 1.62 bits per heavy atom. The molecule has 1 fully saturated rings. The molecule has 1 aliphatic carbocycles. The Morgan fingerprint density at radius 3 is 2.21 bits per heavy atom. The molecule has 0 N–H and O–H groups in total. The zero-order valence-corrected chi connectivity index (χ0v) is 17.2. The minimum absolute atomic E-state index is 0.188. The predicted octanol–water partition coefficient (Wildman–Crippen LogP) is 7.70. The SMILES string of the molecule is CCCCCCCC1CCC(CCC(=O)Oc2ccc(C(F)(F)F)c(F)c2)CC1. The summed E-state index contributed by atoms with van der Waals surface area (Å²) < 4.78 is 56.3. The fourth-order valence-electron chi connectivity index (χ4n) is 4.14. The molecule has 0 amide bonds. The van der Waals surface area contributed by atoms with Crippen LogP contribution in [0.4, 0.5) is 17.6 Å². The smallest absolute Gasteiger partial charge is 0.419 e. The molecule has 2 rings (SSSR count). The Bertz CT molecular complexity index is 634. The van der Waals surface area contributed by atoms with Crippen LogP contribution in [0.15, 0.2) is 18.2 Å². The Labute approximate surface area is 171 Å². The van der Waals surface area contributed by atoms with Crippen molar-refractivity contribution in [2.75, 3.05) is 0 Å². The van der Waals surface area contributed by atoms with Crippen LogP contribution in [-0.2, 0) is 11.0 Å². The minimum Gasteiger partial charge on any atom is -0.426 e. The molecule has 29 heavy (non-hydrogen) atoms. The lowest BCUT2D eigenvalue weighted by Gasteiger charge is -2.28. The van der Waals surface area contributed by atoms with Crippen LogP contribution in [0.5, 0.6) is 5.75 Å². The second-order valence-electron chi connectivity index (χ2n) is 8.24. The van der Waals surface area contributed by atoms with Crippen molar-refractivity contribution < 1.29 is 27.1 Å². The lowest BCUT2D eigenvalue weighted by Crippen LogP contribution is -2.17. The number of rotatable bonds is 10. The number of hydrogen-bond acceptors (Lipinski definition) is 2. The van der Waals surface area contributed by atoms with Gasteiger partial charge in [0.1, 0.15) is 11.6 Å². The molecule has 0 saturated heterocycles. The molecular weight excluding hydrogens is 384 g/mol. The third kappa shape index (κ3) is 8.35. The van der Waals surface area contributed by atoms with Crippen LogP contribution >= 0.6 is 0 Å². The lowest BCUT2D eigenvalue weighted by atomic mass is 9.78. The predicted molar refractivity (Wildman–Crippen MR) is 105 cm³/mol. The van der Waals surface area contributed by atoms with Gasteiger partial charge >= 0.3 is 12.1 Å². The Morgan fingerprint density at radius 1 is 1.00 bits per heavy atom. The molecule has 0 aliphatic heterocycles. The quantitative estimate of drug-likeness (QED) is 0.169. The molecule has 0 bridgehead atoms. The van der Waals surface area contributed by atoms with E-state index in [-0.39, 0.29) is 12.2 Å². The molecule has 0 atom stereocenters. The monoisotopic (exact) mass is 416 g/mol. The number of halogens is 4. The highest BCUT2D eigenvalue weighted by Gasteiger charge is 2.34. The third-order valence-corrected chi connectivity index (χ3v) is 5.92. The van der Waals surface area contributed by atoms with Crippen LogP contribution in [0.3, 0.4) is 0 Å². The van der Waals surface area contributed by atoms with Gasteiger partial charge in [0.15, 0.2) is 0 Å². The summed E-state index contributed by atoms with van der Waals surface area (Å²) in [5, 5.41) is 0. The van der Waals surface area contributed by atoms with Crippen molar-refractivity contribution in [3.8, 4) is 5.75 Å². The van der Waals surface area contributed by atoms with E-state index >= 15 is 0 Å². The number of ether oxygens (including phenoxy) is 1. The van der Waals surface area contributed by atoms with Crippen LogP contribution in [0.2, 0.25) is 0 Å². The summed E-state index contributed by atoms with van der Waals surface area (Å²) in [4.78, 5) is 12.0. The van der Waals surface area contributed by atoms with Crippen LogP contribution in [0.1, 0.15) is 89.5 Å². The molecule has 164 valence electrons. The first-order valence-electron chi connectivity index (χ1n) is 10.9. The standard InChI is InChI=1S/C23H32F4O2/c1-2-3-4-5-6-7-17-8-10-18(11-9-17)12-15-22(28)29-19-13-14-20(21(24)16-19)23(25,26)27/h13-14,16-18H,2-12,15H2,1H3. The Kier molecular flexibility index (Phi) is 9.44. The van der Waals surface area contributed by atoms with Crippen molar-refractivity contribution in [1.29, 1.82) is 0 Å². The average Bonchev–Trinajstić information content (AvgIpc) is 2.66. The van der Waals surface area contributed by atoms with Crippen molar-refractivity contribution in [3.05, 3.63) is 29.6 Å². The summed E-state index contributed by atoms with van der Waals surface area (Å²) in [6.07, 6.45) is 8.65. The van der Waals surface area contributed by atoms with Crippen LogP contribution in [0, 0.1) is 17.7 Å². The molecular formula is C23H32F4O2. The van der Waals surface area contributed by atoms with Gasteiger partial charge in [0.2, 0.25) is 0 Å². The van der Waals surface area contributed by atoms with Gasteiger partial charge < -0.3 is 4.74 Å². The maximum absolute atomic E-state index is 13.5. The van der Waals surface area contributed by atoms with Crippen LogP contribution in [-0.4, -0.2) is 5.97 Å². The molecule has 1 aromatic rings. The number of alkyl halides is 3. The van der Waals surface area contributed by atoms with Gasteiger partial charge in [0, 0.05) is 12.5 Å². The first-order chi connectivity index (χ1) is 13.8. The highest BCUT2D eigenvalue weighted by Crippen LogP contribution is 2.35. The average molecular weight is 416 g/mol. The summed E-state index contributed by atoms with van der Waals surface area (Å²) in [6, 6.07) is 2.20. The van der Waals surface area contributed by atoms with E-state index in [1.807, 2.05) is 0 Å². The van der Waals surface area contributed by atoms with Crippen LogP contribution in [0.25, 0.3) is 0 Å². The molecule has 0 radical (unpaired) electrons. The highest BCUT2D eigenvalue weighted by atomic mass is 19.4. The van der Waals surface area contributed by atoms with Crippen molar-refractivity contribution >= 4 is 5.97 Å². The summed E-state index contributed by atoms with van der Waals surface area (Å²) in [6.45, 7) is 2.22. The lowest BCUT2D eigenvalue weighted by molar-refractivity contribution is -0.140. The van der Waals surface area contributed by atoms with Gasteiger partial charge in [-0.3, -0.25) is 4.79 Å². The van der Waals surface area contributed by atoms with E-state index in [1.165, 1.54) is 51.4 Å². The van der Waals surface area contributed by atoms with Crippen LogP contribution < -0.4 is 4.74 Å². The molecule has 1 aromatic carbocycles. The van der Waals surface area contributed by atoms with E-state index in [4.69, 9.17) is 4.74 Å². The van der Waals surface area contributed by atoms with Crippen molar-refractivity contribution in [2.45, 2.75) is 90.1 Å². The summed E-state index contributed by atoms with van der Waals surface area (Å²) in [7, 11) is 0. The normalized spacial score (nSPS) is 19.9. The zero-order chi connectivity index (χ0) is 21.3. The summed E-state index contributed by atoms with van der Waals surface area (Å²) in [5.41, 5.74) is -1.36. The van der Waals surface area contributed by atoms with E-state index < -0.39 is 23.5 Å². The molecule has 0 spiro atoms. The molecule has 0 aromatic heterocycles. The molecule has 2 nitrogen and oxygen atoms in total. The summed E-state index contributed by atoms with van der Waals surface area (Å²) in [5.74, 6) is -0.858. The molecule has 1 saturated carbocycles. The van der Waals surface area contributed by atoms with Crippen molar-refractivity contribution in [3.63, 3.8) is 0 Å². The molecule has 6 heteroatoms. The van der Waals surface area contributed by atoms with E-state index in [1.54, 1.807) is 0 Å². The van der Waals surface area contributed by atoms with Gasteiger partial charge in [-0.15, -0.1) is 0 Å². The Balaban J connectivity index is 1.66. The fourth-order valence-corrected chi connectivity index (χ4v) is 4.14. The van der Waals surface area contributed by atoms with Gasteiger partial charge in [0.25, 0.3) is 0 Å². The maximum atomic E-state index is 13.5. The first-order valence-corrected chi connectivity index (χ1v) is 10.9. The van der Waals surface area contributed by atoms with Crippen molar-refractivity contribution in [2.24, 2.45) is 11.8 Å². The van der Waals surface area contributed by atoms with E-state index in [9.17, 15) is 22.4 Å².